The number of amides is 3. The van der Waals surface area contributed by atoms with Gasteiger partial charge in [-0.25, -0.2) is 4.39 Å². The van der Waals surface area contributed by atoms with Crippen molar-refractivity contribution in [2.75, 3.05) is 6.54 Å². The van der Waals surface area contributed by atoms with E-state index >= 15 is 0 Å². The molecule has 6 nitrogen and oxygen atoms in total. The third kappa shape index (κ3) is 8.60. The van der Waals surface area contributed by atoms with Crippen LogP contribution in [-0.4, -0.2) is 24.3 Å². The van der Waals surface area contributed by atoms with Crippen molar-refractivity contribution in [2.24, 2.45) is 5.92 Å². The molecule has 0 aromatic heterocycles. The van der Waals surface area contributed by atoms with Gasteiger partial charge in [-0.1, -0.05) is 39.2 Å². The Morgan fingerprint density at radius 3 is 2.46 bits per heavy atom. The number of hydrogen-bond acceptors (Lipinski definition) is 3. The fourth-order valence-corrected chi connectivity index (χ4v) is 2.41. The quantitative estimate of drug-likeness (QED) is 0.557. The third-order valence-electron chi connectivity index (χ3n) is 4.11. The number of carbonyl (C=O) groups excluding carboxylic acids is 3. The van der Waals surface area contributed by atoms with Crippen LogP contribution in [0.3, 0.4) is 0 Å². The zero-order valence-corrected chi connectivity index (χ0v) is 15.4. The number of hydrazine groups is 1. The maximum Gasteiger partial charge on any atom is 0.269 e. The minimum atomic E-state index is -0.621. The lowest BCUT2D eigenvalue weighted by molar-refractivity contribution is -0.126. The summed E-state index contributed by atoms with van der Waals surface area (Å²) in [5.41, 5.74) is 4.51. The molecule has 3 N–H and O–H groups in total. The van der Waals surface area contributed by atoms with E-state index in [0.29, 0.717) is 12.5 Å². The maximum absolute atomic E-state index is 13.0. The Hall–Kier alpha value is -2.44. The number of halogens is 1. The molecule has 1 aromatic carbocycles. The van der Waals surface area contributed by atoms with Crippen molar-refractivity contribution in [1.82, 2.24) is 16.2 Å². The molecule has 0 aliphatic heterocycles. The summed E-state index contributed by atoms with van der Waals surface area (Å²) in [4.78, 5) is 35.3. The van der Waals surface area contributed by atoms with Crippen LogP contribution >= 0.6 is 0 Å². The highest BCUT2D eigenvalue weighted by molar-refractivity contribution is 5.95. The van der Waals surface area contributed by atoms with E-state index in [-0.39, 0.29) is 24.3 Å². The highest BCUT2D eigenvalue weighted by Crippen LogP contribution is 2.11. The van der Waals surface area contributed by atoms with Gasteiger partial charge in [-0.05, 0) is 30.5 Å². The standard InChI is InChI=1S/C19H28FN3O3/c1-3-5-7-14(4-2)13-21-17(24)10-11-18(25)22-23-19(26)15-8-6-9-16(20)12-15/h6,8-9,12,14H,3-5,7,10-11,13H2,1-2H3,(H,21,24)(H,22,25)(H,23,26). The number of hydrogen-bond donors (Lipinski definition) is 3. The molecule has 0 saturated carbocycles. The molecule has 0 saturated heterocycles. The van der Waals surface area contributed by atoms with Crippen LogP contribution in [0.2, 0.25) is 0 Å². The van der Waals surface area contributed by atoms with Gasteiger partial charge in [0, 0.05) is 24.9 Å². The van der Waals surface area contributed by atoms with Gasteiger partial charge in [0.25, 0.3) is 5.91 Å². The Bertz CT molecular complexity index is 607. The third-order valence-corrected chi connectivity index (χ3v) is 4.11. The summed E-state index contributed by atoms with van der Waals surface area (Å²) in [5, 5.41) is 2.85. The number of carbonyl (C=O) groups is 3. The Morgan fingerprint density at radius 1 is 1.08 bits per heavy atom. The Kier molecular flexibility index (Phi) is 9.97. The number of rotatable bonds is 10. The summed E-state index contributed by atoms with van der Waals surface area (Å²) in [5.74, 6) is -1.37. The largest absolute Gasteiger partial charge is 0.356 e. The van der Waals surface area contributed by atoms with Crippen LogP contribution in [0.25, 0.3) is 0 Å². The Balaban J connectivity index is 2.24. The first-order chi connectivity index (χ1) is 12.5. The van der Waals surface area contributed by atoms with E-state index in [1.165, 1.54) is 18.2 Å². The zero-order valence-electron chi connectivity index (χ0n) is 15.4. The molecule has 7 heteroatoms. The zero-order chi connectivity index (χ0) is 19.4. The molecular weight excluding hydrogens is 337 g/mol. The SMILES string of the molecule is CCCCC(CC)CNC(=O)CCC(=O)NNC(=O)c1cccc(F)c1. The first-order valence-corrected chi connectivity index (χ1v) is 9.07. The summed E-state index contributed by atoms with van der Waals surface area (Å²) >= 11 is 0. The fourth-order valence-electron chi connectivity index (χ4n) is 2.41. The van der Waals surface area contributed by atoms with Crippen molar-refractivity contribution < 1.29 is 18.8 Å². The summed E-state index contributed by atoms with van der Waals surface area (Å²) in [7, 11) is 0. The second-order valence-electron chi connectivity index (χ2n) is 6.23. The number of nitrogens with one attached hydrogen (secondary N) is 3. The van der Waals surface area contributed by atoms with Gasteiger partial charge in [0.2, 0.25) is 11.8 Å². The minimum Gasteiger partial charge on any atom is -0.356 e. The van der Waals surface area contributed by atoms with Crippen LogP contribution in [0.1, 0.15) is 62.7 Å². The van der Waals surface area contributed by atoms with Gasteiger partial charge in [-0.15, -0.1) is 0 Å². The number of unbranched alkanes of at least 4 members (excludes halogenated alkanes) is 1. The molecule has 0 fully saturated rings. The summed E-state index contributed by atoms with van der Waals surface area (Å²) in [6.45, 7) is 4.85. The van der Waals surface area contributed by atoms with E-state index in [4.69, 9.17) is 0 Å². The normalized spacial score (nSPS) is 11.5. The predicted molar refractivity (Wildman–Crippen MR) is 97.6 cm³/mol. The van der Waals surface area contributed by atoms with Crippen LogP contribution in [0.5, 0.6) is 0 Å². The molecule has 0 heterocycles. The van der Waals surface area contributed by atoms with E-state index in [1.54, 1.807) is 0 Å². The summed E-state index contributed by atoms with van der Waals surface area (Å²) in [6, 6.07) is 5.12. The van der Waals surface area contributed by atoms with E-state index in [0.717, 1.165) is 31.7 Å². The van der Waals surface area contributed by atoms with Gasteiger partial charge in [-0.2, -0.15) is 0 Å². The molecule has 1 aromatic rings. The fraction of sp³-hybridized carbons (Fsp3) is 0.526. The molecule has 0 bridgehead atoms. The summed E-state index contributed by atoms with van der Waals surface area (Å²) in [6.07, 6.45) is 4.37. The van der Waals surface area contributed by atoms with Gasteiger partial charge >= 0.3 is 0 Å². The summed E-state index contributed by atoms with van der Waals surface area (Å²) < 4.78 is 13.0. The van der Waals surface area contributed by atoms with Crippen molar-refractivity contribution in [3.8, 4) is 0 Å². The predicted octanol–water partition coefficient (Wildman–Crippen LogP) is 2.70. The van der Waals surface area contributed by atoms with Crippen LogP contribution < -0.4 is 16.2 Å². The minimum absolute atomic E-state index is 0.0407. The average molecular weight is 365 g/mol. The smallest absolute Gasteiger partial charge is 0.269 e. The van der Waals surface area contributed by atoms with E-state index in [2.05, 4.69) is 30.0 Å². The molecule has 26 heavy (non-hydrogen) atoms. The molecular formula is C19H28FN3O3. The van der Waals surface area contributed by atoms with E-state index < -0.39 is 17.6 Å². The monoisotopic (exact) mass is 365 g/mol. The van der Waals surface area contributed by atoms with Crippen molar-refractivity contribution in [3.05, 3.63) is 35.6 Å². The highest BCUT2D eigenvalue weighted by atomic mass is 19.1. The molecule has 1 atom stereocenters. The van der Waals surface area contributed by atoms with Gasteiger partial charge in [0.15, 0.2) is 0 Å². The van der Waals surface area contributed by atoms with Crippen molar-refractivity contribution in [2.45, 2.75) is 52.4 Å². The highest BCUT2D eigenvalue weighted by Gasteiger charge is 2.11. The Morgan fingerprint density at radius 2 is 1.81 bits per heavy atom. The van der Waals surface area contributed by atoms with Crippen molar-refractivity contribution in [3.63, 3.8) is 0 Å². The molecule has 1 rings (SSSR count). The molecule has 1 unspecified atom stereocenters. The van der Waals surface area contributed by atoms with Gasteiger partial charge in [-0.3, -0.25) is 25.2 Å². The van der Waals surface area contributed by atoms with Crippen LogP contribution in [0, 0.1) is 11.7 Å². The topological polar surface area (TPSA) is 87.3 Å². The van der Waals surface area contributed by atoms with Crippen molar-refractivity contribution in [1.29, 1.82) is 0 Å². The lowest BCUT2D eigenvalue weighted by atomic mass is 9.99. The molecule has 0 radical (unpaired) electrons. The first kappa shape index (κ1) is 21.6. The first-order valence-electron chi connectivity index (χ1n) is 9.07. The second kappa shape index (κ2) is 12.0. The molecule has 0 aliphatic rings. The maximum atomic E-state index is 13.0. The van der Waals surface area contributed by atoms with Gasteiger partial charge in [0.05, 0.1) is 0 Å². The molecule has 144 valence electrons. The van der Waals surface area contributed by atoms with Gasteiger partial charge in [0.1, 0.15) is 5.82 Å². The second-order valence-corrected chi connectivity index (χ2v) is 6.23. The molecule has 0 aliphatic carbocycles. The lowest BCUT2D eigenvalue weighted by Gasteiger charge is -2.15. The molecule has 3 amide bonds. The van der Waals surface area contributed by atoms with Crippen LogP contribution in [-0.2, 0) is 9.59 Å². The average Bonchev–Trinajstić information content (AvgIpc) is 2.64. The molecule has 0 spiro atoms. The Labute approximate surface area is 153 Å². The van der Waals surface area contributed by atoms with Crippen LogP contribution in [0.15, 0.2) is 24.3 Å². The van der Waals surface area contributed by atoms with Gasteiger partial charge < -0.3 is 5.32 Å². The lowest BCUT2D eigenvalue weighted by Crippen LogP contribution is -2.42. The van der Waals surface area contributed by atoms with Crippen LogP contribution in [0.4, 0.5) is 4.39 Å². The van der Waals surface area contributed by atoms with Crippen molar-refractivity contribution >= 4 is 17.7 Å². The number of benzene rings is 1. The van der Waals surface area contributed by atoms with E-state index in [9.17, 15) is 18.8 Å². The van der Waals surface area contributed by atoms with E-state index in [1.807, 2.05) is 0 Å².